The molecule has 0 spiro atoms. The summed E-state index contributed by atoms with van der Waals surface area (Å²) in [6.07, 6.45) is 0. The van der Waals surface area contributed by atoms with Crippen molar-refractivity contribution in [3.8, 4) is 11.4 Å². The second-order valence-corrected chi connectivity index (χ2v) is 7.15. The summed E-state index contributed by atoms with van der Waals surface area (Å²) >= 11 is 6.36. The fraction of sp³-hybridized carbons (Fsp3) is 0.0870. The molecule has 0 saturated heterocycles. The zero-order valence-corrected chi connectivity index (χ0v) is 16.5. The van der Waals surface area contributed by atoms with Crippen molar-refractivity contribution in [1.29, 1.82) is 0 Å². The number of nitrogens with one attached hydrogen (secondary N) is 1. The van der Waals surface area contributed by atoms with Crippen molar-refractivity contribution in [2.24, 2.45) is 0 Å². The van der Waals surface area contributed by atoms with E-state index in [-0.39, 0.29) is 18.0 Å². The van der Waals surface area contributed by atoms with Crippen LogP contribution in [0, 0.1) is 6.92 Å². The SMILES string of the molecule is Cc1cccc(NC(=O)Cn2c(-c3ccccc3Cl)nc3ccccc3c2=O)c1. The highest BCUT2D eigenvalue weighted by molar-refractivity contribution is 6.33. The van der Waals surface area contributed by atoms with Gasteiger partial charge in [-0.05, 0) is 48.9 Å². The lowest BCUT2D eigenvalue weighted by Crippen LogP contribution is -2.30. The first-order valence-corrected chi connectivity index (χ1v) is 9.52. The summed E-state index contributed by atoms with van der Waals surface area (Å²) in [6.45, 7) is 1.77. The molecule has 1 heterocycles. The summed E-state index contributed by atoms with van der Waals surface area (Å²) < 4.78 is 1.37. The summed E-state index contributed by atoms with van der Waals surface area (Å²) in [5.74, 6) is 0.0433. The van der Waals surface area contributed by atoms with Crippen molar-refractivity contribution in [2.45, 2.75) is 13.5 Å². The first-order valence-electron chi connectivity index (χ1n) is 9.14. The van der Waals surface area contributed by atoms with E-state index in [1.165, 1.54) is 4.57 Å². The van der Waals surface area contributed by atoms with Crippen LogP contribution in [0.15, 0.2) is 77.6 Å². The topological polar surface area (TPSA) is 64.0 Å². The number of hydrogen-bond acceptors (Lipinski definition) is 3. The highest BCUT2D eigenvalue weighted by atomic mass is 35.5. The van der Waals surface area contributed by atoms with Crippen LogP contribution in [0.5, 0.6) is 0 Å². The first-order chi connectivity index (χ1) is 14.0. The maximum absolute atomic E-state index is 13.2. The predicted molar refractivity (Wildman–Crippen MR) is 116 cm³/mol. The number of benzene rings is 3. The van der Waals surface area contributed by atoms with Crippen molar-refractivity contribution in [3.63, 3.8) is 0 Å². The fourth-order valence-electron chi connectivity index (χ4n) is 3.23. The van der Waals surface area contributed by atoms with Gasteiger partial charge in [-0.3, -0.25) is 14.2 Å². The van der Waals surface area contributed by atoms with Crippen molar-refractivity contribution in [3.05, 3.63) is 93.7 Å². The van der Waals surface area contributed by atoms with Gasteiger partial charge in [-0.2, -0.15) is 0 Å². The van der Waals surface area contributed by atoms with Gasteiger partial charge in [0.1, 0.15) is 12.4 Å². The monoisotopic (exact) mass is 403 g/mol. The zero-order chi connectivity index (χ0) is 20.4. The molecular weight excluding hydrogens is 386 g/mol. The van der Waals surface area contributed by atoms with Crippen LogP contribution in [0.3, 0.4) is 0 Å². The first kappa shape index (κ1) is 18.9. The second kappa shape index (κ2) is 7.89. The summed E-state index contributed by atoms with van der Waals surface area (Å²) in [5.41, 5.74) is 2.58. The minimum absolute atomic E-state index is 0.175. The van der Waals surface area contributed by atoms with Crippen LogP contribution in [0.4, 0.5) is 5.69 Å². The van der Waals surface area contributed by atoms with Gasteiger partial charge in [-0.1, -0.05) is 48.0 Å². The number of aryl methyl sites for hydroxylation is 1. The van der Waals surface area contributed by atoms with E-state index in [9.17, 15) is 9.59 Å². The second-order valence-electron chi connectivity index (χ2n) is 6.74. The third-order valence-corrected chi connectivity index (χ3v) is 4.91. The Morgan fingerprint density at radius 2 is 1.79 bits per heavy atom. The molecule has 5 nitrogen and oxygen atoms in total. The number of para-hydroxylation sites is 1. The molecule has 0 aliphatic heterocycles. The largest absolute Gasteiger partial charge is 0.325 e. The molecule has 4 aromatic rings. The Balaban J connectivity index is 1.81. The normalized spacial score (nSPS) is 10.8. The summed E-state index contributed by atoms with van der Waals surface area (Å²) in [4.78, 5) is 30.5. The number of fused-ring (bicyclic) bond motifs is 1. The van der Waals surface area contributed by atoms with Crippen LogP contribution in [-0.4, -0.2) is 15.5 Å². The summed E-state index contributed by atoms with van der Waals surface area (Å²) in [6, 6.07) is 21.7. The predicted octanol–water partition coefficient (Wildman–Crippen LogP) is 4.66. The molecule has 0 atom stereocenters. The number of halogens is 1. The smallest absolute Gasteiger partial charge is 0.262 e. The van der Waals surface area contributed by atoms with Gasteiger partial charge in [0.15, 0.2) is 0 Å². The number of hydrogen-bond donors (Lipinski definition) is 1. The van der Waals surface area contributed by atoms with E-state index in [2.05, 4.69) is 10.3 Å². The lowest BCUT2D eigenvalue weighted by molar-refractivity contribution is -0.116. The molecule has 4 rings (SSSR count). The van der Waals surface area contributed by atoms with E-state index >= 15 is 0 Å². The zero-order valence-electron chi connectivity index (χ0n) is 15.7. The van der Waals surface area contributed by atoms with E-state index in [1.54, 1.807) is 42.5 Å². The lowest BCUT2D eigenvalue weighted by atomic mass is 10.1. The molecule has 144 valence electrons. The fourth-order valence-corrected chi connectivity index (χ4v) is 3.45. The molecule has 0 radical (unpaired) electrons. The average molecular weight is 404 g/mol. The number of carbonyl (C=O) groups is 1. The summed E-state index contributed by atoms with van der Waals surface area (Å²) in [7, 11) is 0. The molecule has 1 aromatic heterocycles. The summed E-state index contributed by atoms with van der Waals surface area (Å²) in [5, 5.41) is 3.75. The van der Waals surface area contributed by atoms with E-state index in [0.717, 1.165) is 5.56 Å². The molecule has 0 aliphatic rings. The number of carbonyl (C=O) groups excluding carboxylic acids is 1. The van der Waals surface area contributed by atoms with E-state index < -0.39 is 0 Å². The molecule has 6 heteroatoms. The van der Waals surface area contributed by atoms with Crippen LogP contribution in [0.1, 0.15) is 5.56 Å². The Kier molecular flexibility index (Phi) is 5.14. The third-order valence-electron chi connectivity index (χ3n) is 4.58. The van der Waals surface area contributed by atoms with Crippen LogP contribution in [0.2, 0.25) is 5.02 Å². The minimum Gasteiger partial charge on any atom is -0.325 e. The molecule has 29 heavy (non-hydrogen) atoms. The van der Waals surface area contributed by atoms with Gasteiger partial charge in [0.25, 0.3) is 5.56 Å². The quantitative estimate of drug-likeness (QED) is 0.538. The Bertz CT molecular complexity index is 1280. The van der Waals surface area contributed by atoms with Gasteiger partial charge in [-0.25, -0.2) is 4.98 Å². The van der Waals surface area contributed by atoms with Gasteiger partial charge in [0, 0.05) is 11.3 Å². The van der Waals surface area contributed by atoms with Gasteiger partial charge >= 0.3 is 0 Å². The molecule has 1 amide bonds. The van der Waals surface area contributed by atoms with Crippen molar-refractivity contribution < 1.29 is 4.79 Å². The number of amides is 1. The van der Waals surface area contributed by atoms with Crippen LogP contribution < -0.4 is 10.9 Å². The highest BCUT2D eigenvalue weighted by Crippen LogP contribution is 2.26. The standard InChI is InChI=1S/C23H18ClN3O2/c1-15-7-6-8-16(13-15)25-21(28)14-27-22(17-9-2-4-11-19(17)24)26-20-12-5-3-10-18(20)23(27)29/h2-13H,14H2,1H3,(H,25,28). The van der Waals surface area contributed by atoms with Gasteiger partial charge in [-0.15, -0.1) is 0 Å². The van der Waals surface area contributed by atoms with Crippen LogP contribution in [-0.2, 0) is 11.3 Å². The minimum atomic E-state index is -0.317. The average Bonchev–Trinajstić information content (AvgIpc) is 2.70. The van der Waals surface area contributed by atoms with Gasteiger partial charge < -0.3 is 5.32 Å². The molecule has 0 fully saturated rings. The Morgan fingerprint density at radius 3 is 2.59 bits per heavy atom. The lowest BCUT2D eigenvalue weighted by Gasteiger charge is -2.15. The molecule has 0 aliphatic carbocycles. The van der Waals surface area contributed by atoms with Crippen molar-refractivity contribution in [2.75, 3.05) is 5.32 Å². The Labute approximate surface area is 172 Å². The Morgan fingerprint density at radius 1 is 1.03 bits per heavy atom. The van der Waals surface area contributed by atoms with E-state index in [4.69, 9.17) is 11.6 Å². The third kappa shape index (κ3) is 3.91. The number of nitrogens with zero attached hydrogens (tertiary/aromatic N) is 2. The van der Waals surface area contributed by atoms with E-state index in [0.29, 0.717) is 33.0 Å². The van der Waals surface area contributed by atoms with E-state index in [1.807, 2.05) is 37.3 Å². The molecular formula is C23H18ClN3O2. The highest BCUT2D eigenvalue weighted by Gasteiger charge is 2.17. The van der Waals surface area contributed by atoms with Gasteiger partial charge in [0.2, 0.25) is 5.91 Å². The number of aromatic nitrogens is 2. The van der Waals surface area contributed by atoms with Crippen LogP contribution in [0.25, 0.3) is 22.3 Å². The molecule has 0 unspecified atom stereocenters. The van der Waals surface area contributed by atoms with Crippen molar-refractivity contribution in [1.82, 2.24) is 9.55 Å². The maximum Gasteiger partial charge on any atom is 0.262 e. The van der Waals surface area contributed by atoms with Crippen molar-refractivity contribution >= 4 is 34.1 Å². The molecule has 0 bridgehead atoms. The van der Waals surface area contributed by atoms with Gasteiger partial charge in [0.05, 0.1) is 15.9 Å². The molecule has 1 N–H and O–H groups in total. The number of anilines is 1. The molecule has 0 saturated carbocycles. The molecule has 3 aromatic carbocycles. The van der Waals surface area contributed by atoms with Crippen LogP contribution >= 0.6 is 11.6 Å². The maximum atomic E-state index is 13.2. The Hall–Kier alpha value is -3.44. The number of rotatable bonds is 4.